The van der Waals surface area contributed by atoms with Crippen molar-refractivity contribution in [1.29, 1.82) is 0 Å². The van der Waals surface area contributed by atoms with E-state index in [0.717, 1.165) is 70.2 Å². The van der Waals surface area contributed by atoms with Gasteiger partial charge in [0.15, 0.2) is 17.3 Å². The van der Waals surface area contributed by atoms with Crippen LogP contribution in [0.1, 0.15) is 102 Å². The van der Waals surface area contributed by atoms with Crippen LogP contribution in [0.5, 0.6) is 0 Å². The number of aromatic amines is 3. The number of furan rings is 3. The number of carboxylic acid groups (broad SMARTS) is 1. The van der Waals surface area contributed by atoms with Crippen LogP contribution in [0, 0.1) is 0 Å². The molecule has 7 N–H and O–H groups in total. The number of H-pyrrole nitrogens is 3. The Hall–Kier alpha value is -10.3. The summed E-state index contributed by atoms with van der Waals surface area (Å²) in [6, 6.07) is 10.9. The number of nitrogens with one attached hydrogen (secondary N) is 6. The van der Waals surface area contributed by atoms with Crippen LogP contribution in [0.15, 0.2) is 140 Å². The van der Waals surface area contributed by atoms with Crippen LogP contribution < -0.4 is 16.0 Å². The van der Waals surface area contributed by atoms with E-state index < -0.39 is 0 Å². The minimum Gasteiger partial charge on any atom is -0.483 e. The molecule has 0 bridgehead atoms. The molecule has 12 aromatic rings. The second-order valence-corrected chi connectivity index (χ2v) is 23.5. The SMILES string of the molecule is CCOC1CC(n2cc(NC(=O)c3ccc(-c4cn[nH]c4)o3)c(-c3nccs3)n2)C1.CCOC1CC(n2cc(NC(=O)c3ccc(-c4cn[nH]c4)o3)c(-c3nccs3)n2)C1.O=C(Nc1cn(C2CCOCC2)nc1-c1nccs1)c1ccc(-c2cn[nH]c2)o1.O=CO. The Kier molecular flexibility index (Phi) is 19.6. The fraction of sp³-hybridized carbons (Fsp3) is 0.283. The van der Waals surface area contributed by atoms with Crippen molar-refractivity contribution in [2.24, 2.45) is 0 Å². The lowest BCUT2D eigenvalue weighted by Crippen LogP contribution is -2.33. The summed E-state index contributed by atoms with van der Waals surface area (Å²) < 4.78 is 39.5. The Morgan fingerprint density at radius 1 is 0.554 bits per heavy atom. The lowest BCUT2D eigenvalue weighted by molar-refractivity contribution is -0.122. The van der Waals surface area contributed by atoms with E-state index in [0.29, 0.717) is 77.9 Å². The minimum atomic E-state index is -0.345. The lowest BCUT2D eigenvalue weighted by atomic mass is 9.89. The molecule has 3 aliphatic rings. The maximum absolute atomic E-state index is 12.8. The van der Waals surface area contributed by atoms with Gasteiger partial charge in [0.1, 0.15) is 49.4 Å². The van der Waals surface area contributed by atoms with Gasteiger partial charge in [-0.25, -0.2) is 15.0 Å². The predicted octanol–water partition coefficient (Wildman–Crippen LogP) is 11.3. The normalized spacial score (nSPS) is 16.8. The number of nitrogens with zero attached hydrogens (tertiary/aromatic N) is 12. The Balaban J connectivity index is 0.000000130. The quantitative estimate of drug-likeness (QED) is 0.0370. The molecule has 2 aliphatic carbocycles. The van der Waals surface area contributed by atoms with Crippen molar-refractivity contribution in [2.45, 2.75) is 82.7 Å². The predicted molar refractivity (Wildman–Crippen MR) is 338 cm³/mol. The van der Waals surface area contributed by atoms with Crippen molar-refractivity contribution in [3.8, 4) is 66.1 Å². The van der Waals surface area contributed by atoms with Crippen LogP contribution >= 0.6 is 34.0 Å². The van der Waals surface area contributed by atoms with E-state index in [-0.39, 0.29) is 71.8 Å². The number of ether oxygens (including phenoxy) is 3. The van der Waals surface area contributed by atoms with Gasteiger partial charge >= 0.3 is 0 Å². The molecule has 1 saturated heterocycles. The standard InChI is InChI=1S/2C20H20N6O3S.C19H18N6O3S.CH2O2/c2*1-2-28-14-7-13(8-14)26-11-15(18(25-26)20-21-5-6-30-20)24-19(27)17-4-3-16(29-17)12-9-22-23-10-12;26-18(16-2-1-15(28-16)12-9-21-22-10-12)23-14-11-25(13-3-6-27-7-4-13)24-17(14)19-20-5-8-29-19;2-1-3/h2*3-6,9-11,13-14H,2,7-8H2,1H3,(H,22,23)(H,24,27);1-2,5,8-11,13H,3-4,6-7H2,(H,21,22)(H,23,26);1H,(H,2,3). The van der Waals surface area contributed by atoms with Gasteiger partial charge in [0.05, 0.1) is 82.7 Å². The topological polar surface area (TPSA) is 370 Å². The highest BCUT2D eigenvalue weighted by Crippen LogP contribution is 2.40. The van der Waals surface area contributed by atoms with Crippen molar-refractivity contribution in [1.82, 2.24) is 74.9 Å². The molecule has 3 amide bonds. The first kappa shape index (κ1) is 62.0. The molecule has 3 fully saturated rings. The Bertz CT molecular complexity index is 4080. The number of aromatic nitrogens is 15. The number of carbonyl (C=O) groups is 4. The van der Waals surface area contributed by atoms with E-state index in [1.807, 2.05) is 62.6 Å². The highest BCUT2D eigenvalue weighted by Gasteiger charge is 2.35. The molecule has 15 rings (SSSR count). The van der Waals surface area contributed by atoms with Gasteiger partial charge in [-0.05, 0) is 88.8 Å². The number of rotatable bonds is 19. The Morgan fingerprint density at radius 3 is 1.18 bits per heavy atom. The third kappa shape index (κ3) is 14.5. The Morgan fingerprint density at radius 2 is 0.891 bits per heavy atom. The van der Waals surface area contributed by atoms with Gasteiger partial charge in [-0.2, -0.15) is 30.6 Å². The molecule has 32 heteroatoms. The van der Waals surface area contributed by atoms with E-state index in [1.54, 1.807) is 92.2 Å². The average Bonchev–Trinajstić information content (AvgIpc) is 1.76. The van der Waals surface area contributed by atoms with Gasteiger partial charge in [0.25, 0.3) is 24.2 Å². The summed E-state index contributed by atoms with van der Waals surface area (Å²) in [5.74, 6) is 1.32. The van der Waals surface area contributed by atoms with Crippen LogP contribution in [0.2, 0.25) is 0 Å². The first-order chi connectivity index (χ1) is 45.1. The molecule has 474 valence electrons. The molecule has 0 atom stereocenters. The van der Waals surface area contributed by atoms with Gasteiger partial charge in [0.2, 0.25) is 0 Å². The number of amides is 3. The van der Waals surface area contributed by atoms with Crippen molar-refractivity contribution < 1.29 is 51.7 Å². The van der Waals surface area contributed by atoms with Gasteiger partial charge in [0, 0.05) is 98.3 Å². The van der Waals surface area contributed by atoms with E-state index in [2.05, 4.69) is 61.5 Å². The van der Waals surface area contributed by atoms with Crippen molar-refractivity contribution >= 4 is 75.3 Å². The summed E-state index contributed by atoms with van der Waals surface area (Å²) >= 11 is 4.43. The molecular weight excluding hydrogens is 1240 g/mol. The first-order valence-corrected chi connectivity index (χ1v) is 31.8. The van der Waals surface area contributed by atoms with Gasteiger partial charge in [-0.3, -0.25) is 48.5 Å². The van der Waals surface area contributed by atoms with Crippen molar-refractivity contribution in [3.05, 3.63) is 144 Å². The van der Waals surface area contributed by atoms with Crippen LogP contribution in [0.4, 0.5) is 17.1 Å². The summed E-state index contributed by atoms with van der Waals surface area (Å²) in [5, 5.41) is 57.6. The minimum absolute atomic E-state index is 0.212. The molecule has 1 aliphatic heterocycles. The smallest absolute Gasteiger partial charge is 0.291 e. The zero-order valence-corrected chi connectivity index (χ0v) is 51.7. The van der Waals surface area contributed by atoms with Gasteiger partial charge < -0.3 is 48.5 Å². The van der Waals surface area contributed by atoms with Crippen molar-refractivity contribution in [2.75, 3.05) is 42.4 Å². The zero-order valence-electron chi connectivity index (χ0n) is 49.3. The third-order valence-electron chi connectivity index (χ3n) is 14.9. The molecule has 12 aromatic heterocycles. The molecule has 0 radical (unpaired) electrons. The van der Waals surface area contributed by atoms with Crippen LogP contribution in [-0.2, 0) is 19.0 Å². The first-order valence-electron chi connectivity index (χ1n) is 29.2. The maximum atomic E-state index is 12.8. The summed E-state index contributed by atoms with van der Waals surface area (Å²) in [7, 11) is 0. The molecular formula is C60H60N18O11S3. The molecule has 92 heavy (non-hydrogen) atoms. The molecule has 0 unspecified atom stereocenters. The highest BCUT2D eigenvalue weighted by molar-refractivity contribution is 7.13. The monoisotopic (exact) mass is 1300 g/mol. The second-order valence-electron chi connectivity index (χ2n) is 20.8. The van der Waals surface area contributed by atoms with Crippen LogP contribution in [0.25, 0.3) is 66.1 Å². The number of anilines is 3. The van der Waals surface area contributed by atoms with Gasteiger partial charge in [-0.1, -0.05) is 0 Å². The zero-order chi connectivity index (χ0) is 63.3. The van der Waals surface area contributed by atoms with Crippen LogP contribution in [0.3, 0.4) is 0 Å². The largest absolute Gasteiger partial charge is 0.483 e. The molecule has 0 aromatic carbocycles. The number of carbonyl (C=O) groups excluding carboxylic acids is 3. The highest BCUT2D eigenvalue weighted by atomic mass is 32.1. The van der Waals surface area contributed by atoms with E-state index >= 15 is 0 Å². The van der Waals surface area contributed by atoms with Crippen LogP contribution in [-0.4, -0.2) is 143 Å². The number of hydrogen-bond donors (Lipinski definition) is 7. The summed E-state index contributed by atoms with van der Waals surface area (Å²) in [6.45, 7) is 6.60. The lowest BCUT2D eigenvalue weighted by Gasteiger charge is -2.34. The molecule has 2 saturated carbocycles. The maximum Gasteiger partial charge on any atom is 0.291 e. The van der Waals surface area contributed by atoms with Gasteiger partial charge in [-0.15, -0.1) is 34.0 Å². The molecule has 0 spiro atoms. The number of hydrogen-bond acceptors (Lipinski definition) is 22. The summed E-state index contributed by atoms with van der Waals surface area (Å²) in [4.78, 5) is 59.9. The average molecular weight is 1310 g/mol. The summed E-state index contributed by atoms with van der Waals surface area (Å²) in [5.41, 5.74) is 6.11. The van der Waals surface area contributed by atoms with Crippen molar-refractivity contribution in [3.63, 3.8) is 0 Å². The van der Waals surface area contributed by atoms with E-state index in [9.17, 15) is 14.4 Å². The molecule has 29 nitrogen and oxygen atoms in total. The molecule has 13 heterocycles. The number of thiazole rings is 3. The Labute approximate surface area is 534 Å². The van der Waals surface area contributed by atoms with E-state index in [1.165, 1.54) is 34.0 Å². The third-order valence-corrected chi connectivity index (χ3v) is 17.3. The fourth-order valence-electron chi connectivity index (χ4n) is 10.3. The summed E-state index contributed by atoms with van der Waals surface area (Å²) in [6.07, 6.45) is 26.8. The second kappa shape index (κ2) is 29.1. The van der Waals surface area contributed by atoms with E-state index in [4.69, 9.17) is 52.7 Å². The fourth-order valence-corrected chi connectivity index (χ4v) is 12.2.